The molecule has 0 saturated heterocycles. The number of anilines is 1. The molecule has 1 heterocycles. The number of amides is 1. The van der Waals surface area contributed by atoms with Crippen molar-refractivity contribution in [3.63, 3.8) is 0 Å². The summed E-state index contributed by atoms with van der Waals surface area (Å²) in [6.45, 7) is 7.74. The van der Waals surface area contributed by atoms with E-state index in [1.54, 1.807) is 4.90 Å². The zero-order chi connectivity index (χ0) is 11.3. The van der Waals surface area contributed by atoms with E-state index in [1.165, 1.54) is 11.3 Å². The Hall–Kier alpha value is -1.10. The summed E-state index contributed by atoms with van der Waals surface area (Å²) in [6, 6.07) is 0. The summed E-state index contributed by atoms with van der Waals surface area (Å²) in [5.41, 5.74) is 0.984. The van der Waals surface area contributed by atoms with E-state index in [1.807, 2.05) is 26.2 Å². The number of hydrogen-bond donors (Lipinski definition) is 1. The molecule has 1 aromatic rings. The van der Waals surface area contributed by atoms with Crippen molar-refractivity contribution in [1.29, 1.82) is 0 Å². The molecular formula is C10H17N3OS. The van der Waals surface area contributed by atoms with Crippen molar-refractivity contribution in [2.24, 2.45) is 0 Å². The summed E-state index contributed by atoms with van der Waals surface area (Å²) in [5, 5.41) is 5.81. The second-order valence-corrected chi connectivity index (χ2v) is 4.07. The third kappa shape index (κ3) is 3.51. The average molecular weight is 227 g/mol. The Balaban J connectivity index is 2.40. The molecule has 5 heteroatoms. The first-order valence-electron chi connectivity index (χ1n) is 5.11. The van der Waals surface area contributed by atoms with Gasteiger partial charge in [-0.2, -0.15) is 0 Å². The van der Waals surface area contributed by atoms with Crippen LogP contribution in [0.25, 0.3) is 0 Å². The fourth-order valence-electron chi connectivity index (χ4n) is 1.27. The monoisotopic (exact) mass is 227 g/mol. The number of aromatic nitrogens is 1. The molecule has 0 atom stereocenters. The first-order chi connectivity index (χ1) is 7.17. The number of aryl methyl sites for hydroxylation is 1. The zero-order valence-electron chi connectivity index (χ0n) is 9.41. The third-order valence-corrected chi connectivity index (χ3v) is 3.04. The molecule has 84 valence electrons. The van der Waals surface area contributed by atoms with Gasteiger partial charge in [-0.25, -0.2) is 4.98 Å². The van der Waals surface area contributed by atoms with Crippen molar-refractivity contribution < 1.29 is 4.79 Å². The van der Waals surface area contributed by atoms with Crippen LogP contribution in [0.1, 0.15) is 19.5 Å². The Morgan fingerprint density at radius 3 is 2.67 bits per heavy atom. The number of carbonyl (C=O) groups excluding carboxylic acids is 1. The van der Waals surface area contributed by atoms with Gasteiger partial charge in [0.2, 0.25) is 5.91 Å². The predicted molar refractivity (Wildman–Crippen MR) is 63.3 cm³/mol. The first kappa shape index (κ1) is 12.0. The van der Waals surface area contributed by atoms with Crippen LogP contribution in [0, 0.1) is 6.92 Å². The van der Waals surface area contributed by atoms with E-state index in [0.717, 1.165) is 23.9 Å². The van der Waals surface area contributed by atoms with E-state index in [2.05, 4.69) is 10.3 Å². The molecule has 1 aromatic heterocycles. The topological polar surface area (TPSA) is 45.2 Å². The number of hydrogen-bond acceptors (Lipinski definition) is 4. The Morgan fingerprint density at radius 1 is 1.53 bits per heavy atom. The first-order valence-corrected chi connectivity index (χ1v) is 5.99. The van der Waals surface area contributed by atoms with Gasteiger partial charge in [0, 0.05) is 18.5 Å². The van der Waals surface area contributed by atoms with Crippen LogP contribution in [0.5, 0.6) is 0 Å². The van der Waals surface area contributed by atoms with E-state index in [4.69, 9.17) is 0 Å². The minimum absolute atomic E-state index is 0.118. The van der Waals surface area contributed by atoms with Crippen LogP contribution in [0.15, 0.2) is 5.38 Å². The molecular weight excluding hydrogens is 210 g/mol. The van der Waals surface area contributed by atoms with E-state index >= 15 is 0 Å². The lowest BCUT2D eigenvalue weighted by atomic mass is 10.4. The Bertz CT molecular complexity index is 320. The zero-order valence-corrected chi connectivity index (χ0v) is 10.2. The number of thiazole rings is 1. The maximum atomic E-state index is 11.6. The lowest BCUT2D eigenvalue weighted by molar-refractivity contribution is -0.128. The summed E-state index contributed by atoms with van der Waals surface area (Å²) in [7, 11) is 0. The van der Waals surface area contributed by atoms with Crippen LogP contribution in [-0.2, 0) is 4.79 Å². The molecule has 0 spiro atoms. The van der Waals surface area contributed by atoms with Gasteiger partial charge >= 0.3 is 0 Å². The van der Waals surface area contributed by atoms with Gasteiger partial charge in [-0.3, -0.25) is 4.79 Å². The van der Waals surface area contributed by atoms with Gasteiger partial charge in [0.1, 0.15) is 0 Å². The molecule has 0 saturated carbocycles. The quantitative estimate of drug-likeness (QED) is 0.833. The van der Waals surface area contributed by atoms with E-state index in [-0.39, 0.29) is 5.91 Å². The molecule has 1 N–H and O–H groups in total. The standard InChI is InChI=1S/C10H17N3OS/c1-4-13(5-2)9(14)6-11-10-12-8(3)7-15-10/h7H,4-6H2,1-3H3,(H,11,12). The highest BCUT2D eigenvalue weighted by Crippen LogP contribution is 2.13. The van der Waals surface area contributed by atoms with Gasteiger partial charge in [-0.15, -0.1) is 11.3 Å². The number of likely N-dealkylation sites (N-methyl/N-ethyl adjacent to an activating group) is 1. The van der Waals surface area contributed by atoms with E-state index in [0.29, 0.717) is 6.54 Å². The normalized spacial score (nSPS) is 10.1. The summed E-state index contributed by atoms with van der Waals surface area (Å²) in [5.74, 6) is 0.118. The second kappa shape index (κ2) is 5.70. The maximum Gasteiger partial charge on any atom is 0.241 e. The molecule has 1 rings (SSSR count). The van der Waals surface area contributed by atoms with Gasteiger partial charge in [0.05, 0.1) is 12.2 Å². The van der Waals surface area contributed by atoms with Crippen molar-refractivity contribution in [3.8, 4) is 0 Å². The number of nitrogens with zero attached hydrogens (tertiary/aromatic N) is 2. The van der Waals surface area contributed by atoms with E-state index in [9.17, 15) is 4.79 Å². The molecule has 0 aliphatic heterocycles. The van der Waals surface area contributed by atoms with Gasteiger partial charge in [0.25, 0.3) is 0 Å². The highest BCUT2D eigenvalue weighted by Gasteiger charge is 2.09. The SMILES string of the molecule is CCN(CC)C(=O)CNc1nc(C)cs1. The highest BCUT2D eigenvalue weighted by molar-refractivity contribution is 7.13. The number of carbonyl (C=O) groups is 1. The highest BCUT2D eigenvalue weighted by atomic mass is 32.1. The summed E-state index contributed by atoms with van der Waals surface area (Å²) < 4.78 is 0. The molecule has 15 heavy (non-hydrogen) atoms. The van der Waals surface area contributed by atoms with Crippen LogP contribution >= 0.6 is 11.3 Å². The van der Waals surface area contributed by atoms with Crippen LogP contribution in [-0.4, -0.2) is 35.4 Å². The molecule has 0 fully saturated rings. The smallest absolute Gasteiger partial charge is 0.241 e. The van der Waals surface area contributed by atoms with Crippen LogP contribution in [0.2, 0.25) is 0 Å². The lowest BCUT2D eigenvalue weighted by Gasteiger charge is -2.18. The van der Waals surface area contributed by atoms with Crippen LogP contribution < -0.4 is 5.32 Å². The lowest BCUT2D eigenvalue weighted by Crippen LogP contribution is -2.35. The molecule has 0 aliphatic rings. The summed E-state index contributed by atoms with van der Waals surface area (Å²) in [6.07, 6.45) is 0. The van der Waals surface area contributed by atoms with Crippen molar-refractivity contribution in [1.82, 2.24) is 9.88 Å². The fraction of sp³-hybridized carbons (Fsp3) is 0.600. The number of rotatable bonds is 5. The van der Waals surface area contributed by atoms with Crippen LogP contribution in [0.3, 0.4) is 0 Å². The molecule has 0 unspecified atom stereocenters. The fourth-order valence-corrected chi connectivity index (χ4v) is 1.96. The second-order valence-electron chi connectivity index (χ2n) is 3.21. The van der Waals surface area contributed by atoms with Crippen molar-refractivity contribution in [2.75, 3.05) is 25.0 Å². The Kier molecular flexibility index (Phi) is 4.55. The average Bonchev–Trinajstić information content (AvgIpc) is 2.63. The minimum Gasteiger partial charge on any atom is -0.352 e. The minimum atomic E-state index is 0.118. The molecule has 4 nitrogen and oxygen atoms in total. The molecule has 0 radical (unpaired) electrons. The predicted octanol–water partition coefficient (Wildman–Crippen LogP) is 1.73. The molecule has 0 aromatic carbocycles. The Labute approximate surface area is 94.3 Å². The summed E-state index contributed by atoms with van der Waals surface area (Å²) in [4.78, 5) is 17.7. The van der Waals surface area contributed by atoms with Gasteiger partial charge < -0.3 is 10.2 Å². The number of nitrogens with one attached hydrogen (secondary N) is 1. The molecule has 1 amide bonds. The summed E-state index contributed by atoms with van der Waals surface area (Å²) >= 11 is 1.53. The molecule has 0 aliphatic carbocycles. The molecule has 0 bridgehead atoms. The van der Waals surface area contributed by atoms with Crippen molar-refractivity contribution >= 4 is 22.4 Å². The van der Waals surface area contributed by atoms with Gasteiger partial charge in [-0.1, -0.05) is 0 Å². The van der Waals surface area contributed by atoms with Crippen LogP contribution in [0.4, 0.5) is 5.13 Å². The van der Waals surface area contributed by atoms with Crippen molar-refractivity contribution in [2.45, 2.75) is 20.8 Å². The third-order valence-electron chi connectivity index (χ3n) is 2.13. The maximum absolute atomic E-state index is 11.6. The largest absolute Gasteiger partial charge is 0.352 e. The van der Waals surface area contributed by atoms with Gasteiger partial charge in [0.15, 0.2) is 5.13 Å². The van der Waals surface area contributed by atoms with E-state index < -0.39 is 0 Å². The van der Waals surface area contributed by atoms with Crippen molar-refractivity contribution in [3.05, 3.63) is 11.1 Å². The van der Waals surface area contributed by atoms with Gasteiger partial charge in [-0.05, 0) is 20.8 Å². The Morgan fingerprint density at radius 2 is 2.20 bits per heavy atom.